The summed E-state index contributed by atoms with van der Waals surface area (Å²) < 4.78 is 0. The maximum absolute atomic E-state index is 11.8. The summed E-state index contributed by atoms with van der Waals surface area (Å²) in [4.78, 5) is 13.6. The molecule has 3 heteroatoms. The van der Waals surface area contributed by atoms with E-state index in [0.29, 0.717) is 11.6 Å². The molecule has 0 saturated heterocycles. The Balaban J connectivity index is 2.31. The molecule has 1 aliphatic heterocycles. The maximum Gasteiger partial charge on any atom is 0.254 e. The molecule has 74 valence electrons. The van der Waals surface area contributed by atoms with E-state index in [1.807, 2.05) is 17.0 Å². The van der Waals surface area contributed by atoms with Gasteiger partial charge in [-0.1, -0.05) is 18.5 Å². The van der Waals surface area contributed by atoms with E-state index < -0.39 is 0 Å². The fourth-order valence-electron chi connectivity index (χ4n) is 1.80. The zero-order valence-corrected chi connectivity index (χ0v) is 8.84. The van der Waals surface area contributed by atoms with Gasteiger partial charge in [0.05, 0.1) is 0 Å². The highest BCUT2D eigenvalue weighted by Gasteiger charge is 2.26. The zero-order chi connectivity index (χ0) is 10.1. The summed E-state index contributed by atoms with van der Waals surface area (Å²) >= 11 is 5.87. The van der Waals surface area contributed by atoms with Crippen LogP contribution in [0.1, 0.15) is 29.3 Å². The van der Waals surface area contributed by atoms with Crippen LogP contribution in [0.4, 0.5) is 0 Å². The first-order valence-electron chi connectivity index (χ1n) is 4.80. The van der Waals surface area contributed by atoms with E-state index in [2.05, 4.69) is 6.92 Å². The minimum Gasteiger partial charge on any atom is -0.334 e. The predicted octanol–water partition coefficient (Wildman–Crippen LogP) is 2.71. The maximum atomic E-state index is 11.8. The lowest BCUT2D eigenvalue weighted by Gasteiger charge is -2.13. The molecule has 14 heavy (non-hydrogen) atoms. The molecule has 0 saturated carbocycles. The molecule has 1 aromatic carbocycles. The van der Waals surface area contributed by atoms with Crippen LogP contribution in [0.3, 0.4) is 0 Å². The second kappa shape index (κ2) is 3.62. The molecular formula is C11H12ClNO. The number of benzene rings is 1. The van der Waals surface area contributed by atoms with Crippen molar-refractivity contribution >= 4 is 17.5 Å². The van der Waals surface area contributed by atoms with Gasteiger partial charge in [0.15, 0.2) is 0 Å². The average Bonchev–Trinajstić information content (AvgIpc) is 2.44. The molecule has 0 unspecified atom stereocenters. The Hall–Kier alpha value is -1.02. The monoisotopic (exact) mass is 209 g/mol. The Kier molecular flexibility index (Phi) is 2.46. The van der Waals surface area contributed by atoms with Crippen LogP contribution >= 0.6 is 11.6 Å². The number of hydrogen-bond donors (Lipinski definition) is 0. The van der Waals surface area contributed by atoms with E-state index in [0.717, 1.165) is 24.1 Å². The van der Waals surface area contributed by atoms with Crippen molar-refractivity contribution in [3.05, 3.63) is 34.3 Å². The van der Waals surface area contributed by atoms with E-state index in [-0.39, 0.29) is 5.91 Å². The molecule has 1 heterocycles. The minimum absolute atomic E-state index is 0.138. The topological polar surface area (TPSA) is 20.3 Å². The Morgan fingerprint density at radius 3 is 3.00 bits per heavy atom. The van der Waals surface area contributed by atoms with Crippen LogP contribution < -0.4 is 0 Å². The van der Waals surface area contributed by atoms with Crippen molar-refractivity contribution in [2.75, 3.05) is 6.54 Å². The first kappa shape index (κ1) is 9.53. The largest absolute Gasteiger partial charge is 0.334 e. The summed E-state index contributed by atoms with van der Waals surface area (Å²) in [6.45, 7) is 3.61. The van der Waals surface area contributed by atoms with Gasteiger partial charge >= 0.3 is 0 Å². The molecular weight excluding hydrogens is 198 g/mol. The molecule has 0 atom stereocenters. The lowest BCUT2D eigenvalue weighted by Crippen LogP contribution is -2.24. The minimum atomic E-state index is 0.138. The summed E-state index contributed by atoms with van der Waals surface area (Å²) in [6, 6.07) is 5.47. The molecule has 1 amide bonds. The van der Waals surface area contributed by atoms with Crippen molar-refractivity contribution in [1.29, 1.82) is 0 Å². The van der Waals surface area contributed by atoms with Crippen molar-refractivity contribution in [3.63, 3.8) is 0 Å². The van der Waals surface area contributed by atoms with Gasteiger partial charge in [0.25, 0.3) is 5.91 Å². The first-order valence-corrected chi connectivity index (χ1v) is 5.18. The van der Waals surface area contributed by atoms with Gasteiger partial charge in [-0.2, -0.15) is 0 Å². The van der Waals surface area contributed by atoms with Gasteiger partial charge in [0, 0.05) is 23.7 Å². The van der Waals surface area contributed by atoms with Crippen molar-refractivity contribution in [3.8, 4) is 0 Å². The van der Waals surface area contributed by atoms with Crippen LogP contribution in [0.15, 0.2) is 18.2 Å². The van der Waals surface area contributed by atoms with E-state index in [1.54, 1.807) is 6.07 Å². The molecule has 0 aromatic heterocycles. The molecule has 1 aliphatic rings. The second-order valence-corrected chi connectivity index (χ2v) is 3.96. The molecule has 2 nitrogen and oxygen atoms in total. The number of carbonyl (C=O) groups is 1. The summed E-state index contributed by atoms with van der Waals surface area (Å²) in [5.41, 5.74) is 1.86. The number of rotatable bonds is 2. The zero-order valence-electron chi connectivity index (χ0n) is 8.09. The van der Waals surface area contributed by atoms with Gasteiger partial charge in [0.2, 0.25) is 0 Å². The Morgan fingerprint density at radius 2 is 2.29 bits per heavy atom. The van der Waals surface area contributed by atoms with Gasteiger partial charge in [-0.15, -0.1) is 0 Å². The molecule has 0 bridgehead atoms. The third kappa shape index (κ3) is 1.50. The number of fused-ring (bicyclic) bond motifs is 1. The van der Waals surface area contributed by atoms with Crippen LogP contribution in [-0.2, 0) is 6.54 Å². The van der Waals surface area contributed by atoms with Gasteiger partial charge in [-0.25, -0.2) is 0 Å². The Morgan fingerprint density at radius 1 is 1.50 bits per heavy atom. The quantitative estimate of drug-likeness (QED) is 0.734. The normalized spacial score (nSPS) is 14.7. The fourth-order valence-corrected chi connectivity index (χ4v) is 1.99. The Labute approximate surface area is 88.5 Å². The molecule has 2 rings (SSSR count). The van der Waals surface area contributed by atoms with E-state index in [4.69, 9.17) is 11.6 Å². The third-order valence-corrected chi connectivity index (χ3v) is 2.67. The van der Waals surface area contributed by atoms with Crippen molar-refractivity contribution in [1.82, 2.24) is 4.90 Å². The van der Waals surface area contributed by atoms with Crippen molar-refractivity contribution in [2.45, 2.75) is 19.9 Å². The third-order valence-electron chi connectivity index (χ3n) is 2.44. The van der Waals surface area contributed by atoms with Gasteiger partial charge < -0.3 is 4.90 Å². The van der Waals surface area contributed by atoms with Crippen molar-refractivity contribution < 1.29 is 4.79 Å². The number of amides is 1. The van der Waals surface area contributed by atoms with Crippen LogP contribution in [-0.4, -0.2) is 17.4 Å². The molecule has 1 aromatic rings. The highest BCUT2D eigenvalue weighted by Crippen LogP contribution is 2.25. The first-order chi connectivity index (χ1) is 6.72. The van der Waals surface area contributed by atoms with E-state index >= 15 is 0 Å². The molecule has 0 N–H and O–H groups in total. The lowest BCUT2D eigenvalue weighted by atomic mass is 10.1. The fraction of sp³-hybridized carbons (Fsp3) is 0.364. The molecule has 0 spiro atoms. The molecule has 0 radical (unpaired) electrons. The number of carbonyl (C=O) groups excluding carboxylic acids is 1. The highest BCUT2D eigenvalue weighted by molar-refractivity contribution is 6.30. The Bertz CT molecular complexity index is 376. The summed E-state index contributed by atoms with van der Waals surface area (Å²) in [5.74, 6) is 0.138. The van der Waals surface area contributed by atoms with E-state index in [1.165, 1.54) is 0 Å². The smallest absolute Gasteiger partial charge is 0.254 e. The number of halogens is 1. The SMILES string of the molecule is CCCN1Cc2cc(Cl)ccc2C1=O. The number of hydrogen-bond acceptors (Lipinski definition) is 1. The second-order valence-electron chi connectivity index (χ2n) is 3.53. The van der Waals surface area contributed by atoms with Crippen LogP contribution in [0.25, 0.3) is 0 Å². The molecule has 0 aliphatic carbocycles. The van der Waals surface area contributed by atoms with Crippen LogP contribution in [0.5, 0.6) is 0 Å². The van der Waals surface area contributed by atoms with Crippen molar-refractivity contribution in [2.24, 2.45) is 0 Å². The predicted molar refractivity (Wildman–Crippen MR) is 56.5 cm³/mol. The summed E-state index contributed by atoms with van der Waals surface area (Å²) in [7, 11) is 0. The van der Waals surface area contributed by atoms with Gasteiger partial charge in [-0.3, -0.25) is 4.79 Å². The van der Waals surface area contributed by atoms with E-state index in [9.17, 15) is 4.79 Å². The highest BCUT2D eigenvalue weighted by atomic mass is 35.5. The average molecular weight is 210 g/mol. The van der Waals surface area contributed by atoms with Gasteiger partial charge in [-0.05, 0) is 30.2 Å². The number of nitrogens with zero attached hydrogens (tertiary/aromatic N) is 1. The van der Waals surface area contributed by atoms with Crippen LogP contribution in [0, 0.1) is 0 Å². The standard InChI is InChI=1S/C11H12ClNO/c1-2-5-13-7-8-6-9(12)3-4-10(8)11(13)14/h3-4,6H,2,5,7H2,1H3. The lowest BCUT2D eigenvalue weighted by molar-refractivity contribution is 0.0778. The summed E-state index contributed by atoms with van der Waals surface area (Å²) in [5, 5.41) is 0.704. The van der Waals surface area contributed by atoms with Gasteiger partial charge in [0.1, 0.15) is 0 Å². The molecule has 0 fully saturated rings. The summed E-state index contributed by atoms with van der Waals surface area (Å²) in [6.07, 6.45) is 0.994. The van der Waals surface area contributed by atoms with Crippen LogP contribution in [0.2, 0.25) is 5.02 Å².